The summed E-state index contributed by atoms with van der Waals surface area (Å²) >= 11 is 0. The van der Waals surface area contributed by atoms with Gasteiger partial charge in [-0.3, -0.25) is 4.98 Å². The summed E-state index contributed by atoms with van der Waals surface area (Å²) in [5, 5.41) is 0. The molecule has 0 aliphatic rings. The molecule has 0 bridgehead atoms. The van der Waals surface area contributed by atoms with Gasteiger partial charge < -0.3 is 4.74 Å². The quantitative estimate of drug-likeness (QED) is 0.680. The van der Waals surface area contributed by atoms with E-state index in [0.717, 1.165) is 30.9 Å². The third-order valence-corrected chi connectivity index (χ3v) is 1.59. The zero-order valence-corrected chi connectivity index (χ0v) is 7.63. The lowest BCUT2D eigenvalue weighted by molar-refractivity contribution is 0.312. The molecular formula is C10H14NO. The van der Waals surface area contributed by atoms with Crippen LogP contribution in [0.4, 0.5) is 0 Å². The monoisotopic (exact) mass is 164 g/mol. The summed E-state index contributed by atoms with van der Waals surface area (Å²) in [6, 6.07) is 4.76. The topological polar surface area (TPSA) is 22.1 Å². The molecule has 12 heavy (non-hydrogen) atoms. The Balaban J connectivity index is 2.68. The van der Waals surface area contributed by atoms with E-state index in [2.05, 4.69) is 24.9 Å². The highest BCUT2D eigenvalue weighted by Crippen LogP contribution is 2.15. The first-order valence-electron chi connectivity index (χ1n) is 4.36. The average molecular weight is 164 g/mol. The van der Waals surface area contributed by atoms with E-state index >= 15 is 0 Å². The lowest BCUT2D eigenvalue weighted by Gasteiger charge is -2.07. The van der Waals surface area contributed by atoms with Crippen LogP contribution in [0.2, 0.25) is 0 Å². The average Bonchev–Trinajstić information content (AvgIpc) is 2.15. The van der Waals surface area contributed by atoms with Gasteiger partial charge in [0.2, 0.25) is 0 Å². The summed E-state index contributed by atoms with van der Waals surface area (Å²) in [5.74, 6) is 0.877. The van der Waals surface area contributed by atoms with Crippen molar-refractivity contribution in [2.24, 2.45) is 0 Å². The Labute approximate surface area is 73.6 Å². The zero-order valence-electron chi connectivity index (χ0n) is 7.63. The van der Waals surface area contributed by atoms with E-state index in [1.165, 1.54) is 0 Å². The van der Waals surface area contributed by atoms with Crippen LogP contribution in [-0.4, -0.2) is 11.6 Å². The number of pyridine rings is 1. The molecule has 0 saturated carbocycles. The maximum absolute atomic E-state index is 5.48. The number of rotatable bonds is 4. The molecule has 0 atom stereocenters. The lowest BCUT2D eigenvalue weighted by Crippen LogP contribution is -1.99. The number of aryl methyl sites for hydroxylation is 1. The summed E-state index contributed by atoms with van der Waals surface area (Å²) < 4.78 is 5.48. The van der Waals surface area contributed by atoms with E-state index in [9.17, 15) is 0 Å². The Bertz CT molecular complexity index is 235. The number of aromatic nitrogens is 1. The van der Waals surface area contributed by atoms with Crippen molar-refractivity contribution in [3.8, 4) is 5.75 Å². The van der Waals surface area contributed by atoms with Gasteiger partial charge in [0.05, 0.1) is 12.3 Å². The fourth-order valence-electron chi connectivity index (χ4n) is 0.978. The van der Waals surface area contributed by atoms with E-state index in [4.69, 9.17) is 4.74 Å². The van der Waals surface area contributed by atoms with Crippen molar-refractivity contribution >= 4 is 0 Å². The maximum Gasteiger partial charge on any atom is 0.141 e. The van der Waals surface area contributed by atoms with Crippen molar-refractivity contribution in [3.05, 3.63) is 24.0 Å². The minimum absolute atomic E-state index is 0.756. The first-order chi connectivity index (χ1) is 5.88. The number of ether oxygens (including phenoxy) is 1. The third kappa shape index (κ3) is 2.22. The molecule has 1 aromatic rings. The van der Waals surface area contributed by atoms with Crippen LogP contribution in [-0.2, 0) is 6.42 Å². The molecule has 0 N–H and O–H groups in total. The van der Waals surface area contributed by atoms with E-state index in [1.807, 2.05) is 6.07 Å². The molecule has 0 saturated heterocycles. The number of hydrogen-bond acceptors (Lipinski definition) is 2. The van der Waals surface area contributed by atoms with Gasteiger partial charge in [-0.2, -0.15) is 0 Å². The Morgan fingerprint density at radius 1 is 1.50 bits per heavy atom. The molecule has 0 amide bonds. The SMILES string of the molecule is CCCOc1c[c]cnc1CC. The van der Waals surface area contributed by atoms with Gasteiger partial charge >= 0.3 is 0 Å². The van der Waals surface area contributed by atoms with Crippen LogP contribution in [0.25, 0.3) is 0 Å². The molecule has 1 rings (SSSR count). The van der Waals surface area contributed by atoms with Crippen molar-refractivity contribution in [2.75, 3.05) is 6.61 Å². The molecule has 0 fully saturated rings. The molecule has 1 radical (unpaired) electrons. The van der Waals surface area contributed by atoms with Crippen molar-refractivity contribution < 1.29 is 4.74 Å². The van der Waals surface area contributed by atoms with E-state index in [-0.39, 0.29) is 0 Å². The fraction of sp³-hybridized carbons (Fsp3) is 0.500. The Kier molecular flexibility index (Phi) is 3.58. The minimum Gasteiger partial charge on any atom is -0.492 e. The summed E-state index contributed by atoms with van der Waals surface area (Å²) in [7, 11) is 0. The molecule has 2 nitrogen and oxygen atoms in total. The molecule has 0 aliphatic heterocycles. The molecule has 1 heterocycles. The molecule has 0 unspecified atom stereocenters. The molecule has 0 aromatic carbocycles. The smallest absolute Gasteiger partial charge is 0.141 e. The van der Waals surface area contributed by atoms with Gasteiger partial charge in [0, 0.05) is 12.3 Å². The second-order valence-corrected chi connectivity index (χ2v) is 2.58. The summed E-state index contributed by atoms with van der Waals surface area (Å²) in [6.07, 6.45) is 3.61. The second kappa shape index (κ2) is 4.75. The maximum atomic E-state index is 5.48. The van der Waals surface area contributed by atoms with Crippen LogP contribution in [0.1, 0.15) is 26.0 Å². The van der Waals surface area contributed by atoms with Crippen LogP contribution in [0.15, 0.2) is 12.3 Å². The van der Waals surface area contributed by atoms with Crippen molar-refractivity contribution in [1.29, 1.82) is 0 Å². The molecule has 2 heteroatoms. The van der Waals surface area contributed by atoms with E-state index in [0.29, 0.717) is 0 Å². The highest BCUT2D eigenvalue weighted by Gasteiger charge is 2.00. The number of nitrogens with zero attached hydrogens (tertiary/aromatic N) is 1. The first-order valence-corrected chi connectivity index (χ1v) is 4.36. The summed E-state index contributed by atoms with van der Waals surface area (Å²) in [6.45, 7) is 4.92. The molecule has 65 valence electrons. The van der Waals surface area contributed by atoms with Crippen molar-refractivity contribution in [2.45, 2.75) is 26.7 Å². The van der Waals surface area contributed by atoms with Gasteiger partial charge in [0.15, 0.2) is 0 Å². The molecular weight excluding hydrogens is 150 g/mol. The lowest BCUT2D eigenvalue weighted by atomic mass is 10.3. The van der Waals surface area contributed by atoms with Crippen LogP contribution in [0, 0.1) is 6.07 Å². The Hall–Kier alpha value is -1.05. The standard InChI is InChI=1S/C10H14NO/c1-3-8-12-10-6-5-7-11-9(10)4-2/h6-7H,3-4,8H2,1-2H3. The molecule has 0 aliphatic carbocycles. The Morgan fingerprint density at radius 2 is 2.33 bits per heavy atom. The van der Waals surface area contributed by atoms with Crippen molar-refractivity contribution in [1.82, 2.24) is 4.98 Å². The van der Waals surface area contributed by atoms with Crippen molar-refractivity contribution in [3.63, 3.8) is 0 Å². The highest BCUT2D eigenvalue weighted by molar-refractivity contribution is 5.25. The summed E-state index contributed by atoms with van der Waals surface area (Å²) in [5.41, 5.74) is 1.02. The van der Waals surface area contributed by atoms with E-state index in [1.54, 1.807) is 6.20 Å². The largest absolute Gasteiger partial charge is 0.492 e. The molecule has 0 spiro atoms. The van der Waals surface area contributed by atoms with Crippen LogP contribution in [0.5, 0.6) is 5.75 Å². The minimum atomic E-state index is 0.756. The van der Waals surface area contributed by atoms with Crippen LogP contribution in [0.3, 0.4) is 0 Å². The van der Waals surface area contributed by atoms with Crippen LogP contribution >= 0.6 is 0 Å². The van der Waals surface area contributed by atoms with Gasteiger partial charge in [-0.05, 0) is 18.9 Å². The van der Waals surface area contributed by atoms with Gasteiger partial charge in [-0.25, -0.2) is 0 Å². The van der Waals surface area contributed by atoms with Gasteiger partial charge in [0.1, 0.15) is 5.75 Å². The Morgan fingerprint density at radius 3 is 3.00 bits per heavy atom. The highest BCUT2D eigenvalue weighted by atomic mass is 16.5. The van der Waals surface area contributed by atoms with Gasteiger partial charge in [-0.1, -0.05) is 13.8 Å². The normalized spacial score (nSPS) is 9.83. The van der Waals surface area contributed by atoms with Gasteiger partial charge in [-0.15, -0.1) is 0 Å². The predicted octanol–water partition coefficient (Wildman–Crippen LogP) is 2.23. The number of hydrogen-bond donors (Lipinski definition) is 0. The first kappa shape index (κ1) is 9.04. The zero-order chi connectivity index (χ0) is 8.81. The third-order valence-electron chi connectivity index (χ3n) is 1.59. The fourth-order valence-corrected chi connectivity index (χ4v) is 0.978. The summed E-state index contributed by atoms with van der Waals surface area (Å²) in [4.78, 5) is 4.17. The van der Waals surface area contributed by atoms with Crippen LogP contribution < -0.4 is 4.74 Å². The van der Waals surface area contributed by atoms with E-state index < -0.39 is 0 Å². The second-order valence-electron chi connectivity index (χ2n) is 2.58. The van der Waals surface area contributed by atoms with Gasteiger partial charge in [0.25, 0.3) is 0 Å². The predicted molar refractivity (Wildman–Crippen MR) is 48.2 cm³/mol. The molecule has 1 aromatic heterocycles.